The molecule has 1 N–H and O–H groups in total. The molecule has 1 unspecified atom stereocenters. The fourth-order valence-corrected chi connectivity index (χ4v) is 1.18. The molecule has 0 aliphatic carbocycles. The molecule has 14 heavy (non-hydrogen) atoms. The van der Waals surface area contributed by atoms with Crippen molar-refractivity contribution >= 4 is 5.97 Å². The van der Waals surface area contributed by atoms with E-state index in [9.17, 15) is 4.79 Å². The number of esters is 1. The van der Waals surface area contributed by atoms with Crippen molar-refractivity contribution in [2.75, 3.05) is 20.8 Å². The van der Waals surface area contributed by atoms with Crippen LogP contribution in [0.2, 0.25) is 0 Å². The highest BCUT2D eigenvalue weighted by Crippen LogP contribution is 2.03. The molecule has 0 saturated carbocycles. The second-order valence-corrected chi connectivity index (χ2v) is 3.72. The number of methoxy groups -OCH3 is 2. The number of rotatable bonds is 6. The van der Waals surface area contributed by atoms with Crippen LogP contribution in [0.5, 0.6) is 0 Å². The minimum atomic E-state index is -0.289. The van der Waals surface area contributed by atoms with Crippen molar-refractivity contribution in [1.29, 1.82) is 0 Å². The third kappa shape index (κ3) is 4.58. The van der Waals surface area contributed by atoms with E-state index in [1.807, 2.05) is 0 Å². The van der Waals surface area contributed by atoms with Gasteiger partial charge < -0.3 is 9.47 Å². The molecular formula is C10H21NO3. The van der Waals surface area contributed by atoms with Crippen LogP contribution in [0.3, 0.4) is 0 Å². The summed E-state index contributed by atoms with van der Waals surface area (Å²) in [6, 6.07) is -0.114. The van der Waals surface area contributed by atoms with E-state index in [2.05, 4.69) is 23.9 Å². The minimum Gasteiger partial charge on any atom is -0.468 e. The van der Waals surface area contributed by atoms with Gasteiger partial charge in [-0.25, -0.2) is 0 Å². The van der Waals surface area contributed by atoms with Crippen molar-refractivity contribution in [1.82, 2.24) is 5.32 Å². The predicted octanol–water partition coefficient (Wildman–Crippen LogP) is 0.808. The van der Waals surface area contributed by atoms with E-state index in [1.54, 1.807) is 14.0 Å². The standard InChI is InChI=1S/C10H21NO3/c1-7(2)9(6-13-4)11-8(3)10(12)14-5/h7-9,11H,6H2,1-5H3/t8-,9?/m0/s1. The molecule has 0 aromatic heterocycles. The van der Waals surface area contributed by atoms with Gasteiger partial charge in [0.2, 0.25) is 0 Å². The molecule has 0 rings (SSSR count). The summed E-state index contributed by atoms with van der Waals surface area (Å²) in [4.78, 5) is 11.1. The third-order valence-electron chi connectivity index (χ3n) is 2.17. The van der Waals surface area contributed by atoms with Crippen LogP contribution in [0.25, 0.3) is 0 Å². The van der Waals surface area contributed by atoms with Crippen molar-refractivity contribution in [2.24, 2.45) is 5.92 Å². The van der Waals surface area contributed by atoms with Crippen LogP contribution in [0, 0.1) is 5.92 Å². The second kappa shape index (κ2) is 6.79. The van der Waals surface area contributed by atoms with Crippen molar-refractivity contribution in [3.63, 3.8) is 0 Å². The third-order valence-corrected chi connectivity index (χ3v) is 2.17. The van der Waals surface area contributed by atoms with Gasteiger partial charge in [-0.1, -0.05) is 13.8 Å². The van der Waals surface area contributed by atoms with Crippen LogP contribution in [0.1, 0.15) is 20.8 Å². The van der Waals surface area contributed by atoms with E-state index in [-0.39, 0.29) is 18.1 Å². The first-order chi connectivity index (χ1) is 6.52. The zero-order valence-electron chi connectivity index (χ0n) is 9.66. The maximum absolute atomic E-state index is 11.1. The molecule has 0 saturated heterocycles. The highest BCUT2D eigenvalue weighted by molar-refractivity contribution is 5.75. The zero-order chi connectivity index (χ0) is 11.1. The Kier molecular flexibility index (Phi) is 6.49. The first-order valence-corrected chi connectivity index (χ1v) is 4.85. The number of carbonyl (C=O) groups excluding carboxylic acids is 1. The maximum atomic E-state index is 11.1. The van der Waals surface area contributed by atoms with Gasteiger partial charge in [-0.2, -0.15) is 0 Å². The molecule has 0 aliphatic rings. The lowest BCUT2D eigenvalue weighted by molar-refractivity contribution is -0.143. The fraction of sp³-hybridized carbons (Fsp3) is 0.900. The Morgan fingerprint density at radius 2 is 1.86 bits per heavy atom. The summed E-state index contributed by atoms with van der Waals surface area (Å²) in [6.07, 6.45) is 0. The lowest BCUT2D eigenvalue weighted by Crippen LogP contribution is -2.46. The number of carbonyl (C=O) groups is 1. The van der Waals surface area contributed by atoms with E-state index in [4.69, 9.17) is 4.74 Å². The largest absolute Gasteiger partial charge is 0.468 e. The quantitative estimate of drug-likeness (QED) is 0.649. The first kappa shape index (κ1) is 13.4. The van der Waals surface area contributed by atoms with E-state index >= 15 is 0 Å². The van der Waals surface area contributed by atoms with Gasteiger partial charge in [0.1, 0.15) is 6.04 Å². The van der Waals surface area contributed by atoms with E-state index in [0.717, 1.165) is 0 Å². The summed E-state index contributed by atoms with van der Waals surface area (Å²) in [5.41, 5.74) is 0. The Balaban J connectivity index is 4.08. The van der Waals surface area contributed by atoms with Gasteiger partial charge in [0, 0.05) is 13.2 Å². The molecule has 4 nitrogen and oxygen atoms in total. The number of nitrogens with one attached hydrogen (secondary N) is 1. The molecule has 4 heteroatoms. The zero-order valence-corrected chi connectivity index (χ0v) is 9.66. The molecule has 0 aromatic rings. The van der Waals surface area contributed by atoms with Crippen LogP contribution in [0.15, 0.2) is 0 Å². The topological polar surface area (TPSA) is 47.6 Å². The Bertz CT molecular complexity index is 171. The normalized spacial score (nSPS) is 15.3. The van der Waals surface area contributed by atoms with Gasteiger partial charge in [0.25, 0.3) is 0 Å². The number of hydrogen-bond donors (Lipinski definition) is 1. The van der Waals surface area contributed by atoms with Gasteiger partial charge in [-0.05, 0) is 12.8 Å². The van der Waals surface area contributed by atoms with E-state index < -0.39 is 0 Å². The summed E-state index contributed by atoms with van der Waals surface area (Å²) in [7, 11) is 3.04. The van der Waals surface area contributed by atoms with E-state index in [0.29, 0.717) is 12.5 Å². The van der Waals surface area contributed by atoms with Crippen LogP contribution in [-0.4, -0.2) is 38.9 Å². The lowest BCUT2D eigenvalue weighted by atomic mass is 10.0. The number of hydrogen-bond acceptors (Lipinski definition) is 4. The van der Waals surface area contributed by atoms with Crippen molar-refractivity contribution < 1.29 is 14.3 Å². The highest BCUT2D eigenvalue weighted by atomic mass is 16.5. The van der Waals surface area contributed by atoms with Gasteiger partial charge in [0.15, 0.2) is 0 Å². The summed E-state index contributed by atoms with van der Waals surface area (Å²) >= 11 is 0. The molecule has 0 fully saturated rings. The lowest BCUT2D eigenvalue weighted by Gasteiger charge is -2.24. The van der Waals surface area contributed by atoms with Gasteiger partial charge in [-0.15, -0.1) is 0 Å². The van der Waals surface area contributed by atoms with Crippen LogP contribution in [0.4, 0.5) is 0 Å². The average molecular weight is 203 g/mol. The van der Waals surface area contributed by atoms with Crippen molar-refractivity contribution in [3.8, 4) is 0 Å². The summed E-state index contributed by atoms with van der Waals surface area (Å²) in [5, 5.41) is 3.17. The van der Waals surface area contributed by atoms with Crippen molar-refractivity contribution in [2.45, 2.75) is 32.9 Å². The van der Waals surface area contributed by atoms with Crippen molar-refractivity contribution in [3.05, 3.63) is 0 Å². The van der Waals surface area contributed by atoms with Crippen LogP contribution < -0.4 is 5.32 Å². The highest BCUT2D eigenvalue weighted by Gasteiger charge is 2.20. The minimum absolute atomic E-state index is 0.175. The molecule has 0 radical (unpaired) electrons. The smallest absolute Gasteiger partial charge is 0.322 e. The first-order valence-electron chi connectivity index (χ1n) is 4.85. The molecule has 84 valence electrons. The molecular weight excluding hydrogens is 182 g/mol. The number of ether oxygens (including phenoxy) is 2. The van der Waals surface area contributed by atoms with Gasteiger partial charge >= 0.3 is 5.97 Å². The molecule has 0 aromatic carbocycles. The summed E-state index contributed by atoms with van der Waals surface area (Å²) in [5.74, 6) is 0.175. The van der Waals surface area contributed by atoms with Crippen LogP contribution >= 0.6 is 0 Å². The molecule has 0 spiro atoms. The molecule has 0 heterocycles. The molecule has 0 bridgehead atoms. The predicted molar refractivity (Wildman–Crippen MR) is 55.1 cm³/mol. The van der Waals surface area contributed by atoms with Crippen LogP contribution in [-0.2, 0) is 14.3 Å². The monoisotopic (exact) mass is 203 g/mol. The SMILES string of the molecule is COCC(N[C@@H](C)C(=O)OC)C(C)C. The molecule has 0 amide bonds. The fourth-order valence-electron chi connectivity index (χ4n) is 1.18. The summed E-state index contributed by atoms with van der Waals surface area (Å²) < 4.78 is 9.69. The Labute approximate surface area is 86.0 Å². The Morgan fingerprint density at radius 1 is 1.29 bits per heavy atom. The average Bonchev–Trinajstić information content (AvgIpc) is 2.15. The maximum Gasteiger partial charge on any atom is 0.322 e. The van der Waals surface area contributed by atoms with E-state index in [1.165, 1.54) is 7.11 Å². The summed E-state index contributed by atoms with van der Waals surface area (Å²) in [6.45, 7) is 6.55. The van der Waals surface area contributed by atoms with Gasteiger partial charge in [-0.3, -0.25) is 10.1 Å². The van der Waals surface area contributed by atoms with Gasteiger partial charge in [0.05, 0.1) is 13.7 Å². The molecule has 2 atom stereocenters. The second-order valence-electron chi connectivity index (χ2n) is 3.72. The molecule has 0 aliphatic heterocycles. The Morgan fingerprint density at radius 3 is 2.21 bits per heavy atom. The Hall–Kier alpha value is -0.610.